The third kappa shape index (κ3) is 4.61. The van der Waals surface area contributed by atoms with Gasteiger partial charge in [-0.05, 0) is 44.4 Å². The normalized spacial score (nSPS) is 21.4. The number of carbonyl (C=O) groups excluding carboxylic acids is 1. The fraction of sp³-hybridized carbons (Fsp3) is 0.875. The second-order valence-corrected chi connectivity index (χ2v) is 7.32. The number of aliphatic carboxylic acids is 1. The number of nitrogens with one attached hydrogen (secondary N) is 1. The quantitative estimate of drug-likeness (QED) is 0.818. The molecule has 0 heterocycles. The van der Waals surface area contributed by atoms with Gasteiger partial charge in [0.15, 0.2) is 0 Å². The highest BCUT2D eigenvalue weighted by Gasteiger charge is 2.37. The molecule has 1 fully saturated rings. The van der Waals surface area contributed by atoms with E-state index in [2.05, 4.69) is 19.2 Å². The van der Waals surface area contributed by atoms with Gasteiger partial charge in [-0.2, -0.15) is 0 Å². The van der Waals surface area contributed by atoms with E-state index in [0.717, 1.165) is 25.7 Å². The lowest BCUT2D eigenvalue weighted by molar-refractivity contribution is -0.144. The molecule has 0 aromatic heterocycles. The minimum absolute atomic E-state index is 0.206. The zero-order valence-electron chi connectivity index (χ0n) is 14.0. The summed E-state index contributed by atoms with van der Waals surface area (Å²) in [4.78, 5) is 25.4. The number of nitrogens with zero attached hydrogens (tertiary/aromatic N) is 1. The average molecular weight is 298 g/mol. The van der Waals surface area contributed by atoms with Gasteiger partial charge in [0.25, 0.3) is 0 Å². The molecule has 1 atom stereocenters. The van der Waals surface area contributed by atoms with Gasteiger partial charge in [-0.3, -0.25) is 0 Å². The zero-order valence-corrected chi connectivity index (χ0v) is 14.0. The van der Waals surface area contributed by atoms with Crippen molar-refractivity contribution in [2.75, 3.05) is 7.05 Å². The molecule has 122 valence electrons. The standard InChI is InChI=1S/C16H30N2O3/c1-6-9-16(4,13(19)20)17-14(21)18(5)12-7-10-15(2,3)11-8-12/h12H,6-11H2,1-5H3,(H,17,21)(H,19,20). The van der Waals surface area contributed by atoms with Crippen molar-refractivity contribution in [2.24, 2.45) is 5.41 Å². The van der Waals surface area contributed by atoms with Crippen LogP contribution in [0.2, 0.25) is 0 Å². The van der Waals surface area contributed by atoms with E-state index in [1.54, 1.807) is 18.9 Å². The minimum atomic E-state index is -1.19. The maximum atomic E-state index is 12.4. The molecule has 0 aromatic rings. The lowest BCUT2D eigenvalue weighted by Crippen LogP contribution is -2.57. The lowest BCUT2D eigenvalue weighted by atomic mass is 9.75. The number of carboxylic acids is 1. The molecule has 1 rings (SSSR count). The Morgan fingerprint density at radius 2 is 1.86 bits per heavy atom. The van der Waals surface area contributed by atoms with E-state index in [1.165, 1.54) is 0 Å². The molecular formula is C16H30N2O3. The molecule has 1 unspecified atom stereocenters. The molecule has 5 nitrogen and oxygen atoms in total. The molecule has 2 N–H and O–H groups in total. The van der Waals surface area contributed by atoms with Gasteiger partial charge in [0.05, 0.1) is 0 Å². The summed E-state index contributed by atoms with van der Waals surface area (Å²) in [5.41, 5.74) is -0.834. The Morgan fingerprint density at radius 3 is 2.29 bits per heavy atom. The van der Waals surface area contributed by atoms with Crippen LogP contribution in [0.1, 0.15) is 66.2 Å². The molecule has 0 aliphatic heterocycles. The van der Waals surface area contributed by atoms with Crippen molar-refractivity contribution in [3.05, 3.63) is 0 Å². The number of urea groups is 1. The fourth-order valence-corrected chi connectivity index (χ4v) is 2.98. The lowest BCUT2D eigenvalue weighted by Gasteiger charge is -2.39. The van der Waals surface area contributed by atoms with Gasteiger partial charge in [0.2, 0.25) is 0 Å². The molecular weight excluding hydrogens is 268 g/mol. The molecule has 1 saturated carbocycles. The van der Waals surface area contributed by atoms with Crippen LogP contribution in [0.3, 0.4) is 0 Å². The Labute approximate surface area is 128 Å². The van der Waals surface area contributed by atoms with E-state index in [1.807, 2.05) is 6.92 Å². The maximum Gasteiger partial charge on any atom is 0.329 e. The van der Waals surface area contributed by atoms with E-state index >= 15 is 0 Å². The summed E-state index contributed by atoms with van der Waals surface area (Å²) in [7, 11) is 1.77. The number of carbonyl (C=O) groups is 2. The van der Waals surface area contributed by atoms with Crippen LogP contribution in [0.25, 0.3) is 0 Å². The Bertz CT molecular complexity index is 385. The van der Waals surface area contributed by atoms with E-state index in [0.29, 0.717) is 18.3 Å². The summed E-state index contributed by atoms with van der Waals surface area (Å²) in [6, 6.07) is -0.0734. The van der Waals surface area contributed by atoms with Crippen molar-refractivity contribution in [3.8, 4) is 0 Å². The first-order valence-corrected chi connectivity index (χ1v) is 7.90. The van der Waals surface area contributed by atoms with Crippen LogP contribution in [-0.4, -0.2) is 40.6 Å². The first kappa shape index (κ1) is 17.8. The monoisotopic (exact) mass is 298 g/mol. The number of rotatable bonds is 5. The number of hydrogen-bond donors (Lipinski definition) is 2. The second kappa shape index (κ2) is 6.67. The first-order chi connectivity index (χ1) is 9.61. The van der Waals surface area contributed by atoms with Crippen molar-refractivity contribution in [3.63, 3.8) is 0 Å². The Balaban J connectivity index is 2.64. The molecule has 21 heavy (non-hydrogen) atoms. The number of carboxylic acid groups (broad SMARTS) is 1. The molecule has 0 saturated heterocycles. The van der Waals surface area contributed by atoms with E-state index in [-0.39, 0.29) is 12.1 Å². The number of amides is 2. The summed E-state index contributed by atoms with van der Waals surface area (Å²) >= 11 is 0. The highest BCUT2D eigenvalue weighted by atomic mass is 16.4. The zero-order chi connectivity index (χ0) is 16.3. The molecule has 0 aromatic carbocycles. The van der Waals surface area contributed by atoms with Crippen molar-refractivity contribution in [2.45, 2.75) is 77.8 Å². The Morgan fingerprint density at radius 1 is 1.33 bits per heavy atom. The van der Waals surface area contributed by atoms with E-state index in [4.69, 9.17) is 0 Å². The molecule has 0 spiro atoms. The highest BCUT2D eigenvalue weighted by molar-refractivity contribution is 5.85. The molecule has 5 heteroatoms. The van der Waals surface area contributed by atoms with Crippen LogP contribution < -0.4 is 5.32 Å². The topological polar surface area (TPSA) is 69.6 Å². The third-order valence-electron chi connectivity index (χ3n) is 4.78. The van der Waals surface area contributed by atoms with E-state index in [9.17, 15) is 14.7 Å². The van der Waals surface area contributed by atoms with Gasteiger partial charge in [-0.25, -0.2) is 9.59 Å². The van der Waals surface area contributed by atoms with Crippen molar-refractivity contribution in [1.29, 1.82) is 0 Å². The van der Waals surface area contributed by atoms with Crippen LogP contribution in [0, 0.1) is 5.41 Å². The van der Waals surface area contributed by atoms with Crippen LogP contribution in [0.15, 0.2) is 0 Å². The van der Waals surface area contributed by atoms with Gasteiger partial charge in [0, 0.05) is 13.1 Å². The second-order valence-electron chi connectivity index (χ2n) is 7.32. The van der Waals surface area contributed by atoms with Gasteiger partial charge in [-0.15, -0.1) is 0 Å². The van der Waals surface area contributed by atoms with Gasteiger partial charge >= 0.3 is 12.0 Å². The summed E-state index contributed by atoms with van der Waals surface area (Å²) in [5.74, 6) is -0.976. The molecule has 1 aliphatic rings. The van der Waals surface area contributed by atoms with Crippen LogP contribution in [-0.2, 0) is 4.79 Å². The predicted molar refractivity (Wildman–Crippen MR) is 83.3 cm³/mol. The van der Waals surface area contributed by atoms with Gasteiger partial charge in [-0.1, -0.05) is 27.2 Å². The van der Waals surface area contributed by atoms with Crippen molar-refractivity contribution in [1.82, 2.24) is 10.2 Å². The highest BCUT2D eigenvalue weighted by Crippen LogP contribution is 2.36. The summed E-state index contributed by atoms with van der Waals surface area (Å²) < 4.78 is 0. The first-order valence-electron chi connectivity index (χ1n) is 7.90. The third-order valence-corrected chi connectivity index (χ3v) is 4.78. The number of hydrogen-bond acceptors (Lipinski definition) is 2. The summed E-state index contributed by atoms with van der Waals surface area (Å²) in [6.07, 6.45) is 5.30. The molecule has 2 amide bonds. The van der Waals surface area contributed by atoms with E-state index < -0.39 is 11.5 Å². The predicted octanol–water partition coefficient (Wildman–Crippen LogP) is 3.24. The Kier molecular flexibility index (Phi) is 5.65. The minimum Gasteiger partial charge on any atom is -0.480 e. The molecule has 0 radical (unpaired) electrons. The van der Waals surface area contributed by atoms with Crippen LogP contribution >= 0.6 is 0 Å². The molecule has 0 bridgehead atoms. The largest absolute Gasteiger partial charge is 0.480 e. The maximum absolute atomic E-state index is 12.4. The molecule has 1 aliphatic carbocycles. The van der Waals surface area contributed by atoms with Crippen molar-refractivity contribution >= 4 is 12.0 Å². The SMILES string of the molecule is CCCC(C)(NC(=O)N(C)C1CCC(C)(C)CC1)C(=O)O. The van der Waals surface area contributed by atoms with Gasteiger partial charge in [0.1, 0.15) is 5.54 Å². The Hall–Kier alpha value is -1.26. The summed E-state index contributed by atoms with van der Waals surface area (Å²) in [5, 5.41) is 12.0. The average Bonchev–Trinajstić information content (AvgIpc) is 2.37. The van der Waals surface area contributed by atoms with Gasteiger partial charge < -0.3 is 15.3 Å². The summed E-state index contributed by atoms with van der Waals surface area (Å²) in [6.45, 7) is 8.01. The van der Waals surface area contributed by atoms with Crippen LogP contribution in [0.5, 0.6) is 0 Å². The van der Waals surface area contributed by atoms with Crippen LogP contribution in [0.4, 0.5) is 4.79 Å². The smallest absolute Gasteiger partial charge is 0.329 e. The van der Waals surface area contributed by atoms with Crippen molar-refractivity contribution < 1.29 is 14.7 Å². The fourth-order valence-electron chi connectivity index (χ4n) is 2.98.